The van der Waals surface area contributed by atoms with Crippen LogP contribution in [0.4, 0.5) is 8.78 Å². The zero-order chi connectivity index (χ0) is 15.6. The Morgan fingerprint density at radius 1 is 1.20 bits per heavy atom. The van der Waals surface area contributed by atoms with E-state index in [1.807, 2.05) is 13.8 Å². The van der Waals surface area contributed by atoms with E-state index < -0.39 is 27.1 Å². The van der Waals surface area contributed by atoms with Crippen LogP contribution in [0.3, 0.4) is 0 Å². The molecule has 0 aliphatic heterocycles. The second kappa shape index (κ2) is 6.15. The third kappa shape index (κ3) is 3.97. The van der Waals surface area contributed by atoms with Gasteiger partial charge >= 0.3 is 0 Å². The minimum atomic E-state index is -3.94. The summed E-state index contributed by atoms with van der Waals surface area (Å²) in [5, 5.41) is 0. The number of rotatable bonds is 6. The molecule has 1 aromatic rings. The van der Waals surface area contributed by atoms with Crippen molar-refractivity contribution < 1.29 is 17.2 Å². The molecule has 2 N–H and O–H groups in total. The first kappa shape index (κ1) is 17.0. The fraction of sp³-hybridized carbons (Fsp3) is 0.538. The highest BCUT2D eigenvalue weighted by molar-refractivity contribution is 7.89. The second-order valence-electron chi connectivity index (χ2n) is 5.40. The fourth-order valence-electron chi connectivity index (χ4n) is 1.74. The Balaban J connectivity index is 3.18. The average Bonchev–Trinajstić information content (AvgIpc) is 2.34. The number of nitrogens with two attached hydrogens (primary N) is 1. The van der Waals surface area contributed by atoms with E-state index in [1.54, 1.807) is 6.92 Å². The molecule has 0 aromatic heterocycles. The van der Waals surface area contributed by atoms with Gasteiger partial charge in [-0.1, -0.05) is 20.8 Å². The van der Waals surface area contributed by atoms with Crippen molar-refractivity contribution in [2.75, 3.05) is 19.6 Å². The molecule has 4 nitrogen and oxygen atoms in total. The lowest BCUT2D eigenvalue weighted by atomic mass is 9.94. The number of hydrogen-bond donors (Lipinski definition) is 1. The summed E-state index contributed by atoms with van der Waals surface area (Å²) in [5.74, 6) is -1.84. The third-order valence-corrected chi connectivity index (χ3v) is 4.88. The highest BCUT2D eigenvalue weighted by Gasteiger charge is 2.29. The summed E-state index contributed by atoms with van der Waals surface area (Å²) in [6, 6.07) is 2.27. The van der Waals surface area contributed by atoms with Gasteiger partial charge in [-0.25, -0.2) is 17.2 Å². The largest absolute Gasteiger partial charge is 0.330 e. The van der Waals surface area contributed by atoms with Crippen LogP contribution >= 0.6 is 0 Å². The molecule has 0 amide bonds. The van der Waals surface area contributed by atoms with Crippen molar-refractivity contribution in [2.24, 2.45) is 11.1 Å². The third-order valence-electron chi connectivity index (χ3n) is 2.98. The van der Waals surface area contributed by atoms with Crippen LogP contribution < -0.4 is 5.73 Å². The summed E-state index contributed by atoms with van der Waals surface area (Å²) in [6.45, 7) is 6.01. The van der Waals surface area contributed by atoms with E-state index in [2.05, 4.69) is 0 Å². The van der Waals surface area contributed by atoms with E-state index in [1.165, 1.54) is 4.31 Å². The highest BCUT2D eigenvalue weighted by Crippen LogP contribution is 2.23. The Morgan fingerprint density at radius 3 is 2.10 bits per heavy atom. The van der Waals surface area contributed by atoms with Crippen LogP contribution in [0, 0.1) is 17.0 Å². The quantitative estimate of drug-likeness (QED) is 0.874. The molecule has 0 aliphatic carbocycles. The monoisotopic (exact) mass is 306 g/mol. The Kier molecular flexibility index (Phi) is 5.23. The molecule has 0 atom stereocenters. The van der Waals surface area contributed by atoms with Crippen LogP contribution in [-0.4, -0.2) is 32.4 Å². The van der Waals surface area contributed by atoms with E-state index in [-0.39, 0.29) is 18.0 Å². The molecule has 0 fully saturated rings. The lowest BCUT2D eigenvalue weighted by Gasteiger charge is -2.30. The van der Waals surface area contributed by atoms with Crippen molar-refractivity contribution in [2.45, 2.75) is 25.7 Å². The van der Waals surface area contributed by atoms with Crippen molar-refractivity contribution in [1.29, 1.82) is 0 Å². The van der Waals surface area contributed by atoms with Crippen molar-refractivity contribution >= 4 is 10.0 Å². The fourth-order valence-corrected chi connectivity index (χ4v) is 3.42. The van der Waals surface area contributed by atoms with Gasteiger partial charge < -0.3 is 5.73 Å². The predicted molar refractivity (Wildman–Crippen MR) is 73.6 cm³/mol. The number of hydrogen-bond acceptors (Lipinski definition) is 3. The van der Waals surface area contributed by atoms with Crippen LogP contribution in [0.15, 0.2) is 23.1 Å². The topological polar surface area (TPSA) is 63.4 Å². The molecule has 7 heteroatoms. The SMILES string of the molecule is CCN(CC(C)(C)CN)S(=O)(=O)c1cc(F)cc(F)c1. The van der Waals surface area contributed by atoms with Gasteiger partial charge in [0.15, 0.2) is 0 Å². The highest BCUT2D eigenvalue weighted by atomic mass is 32.2. The van der Waals surface area contributed by atoms with E-state index >= 15 is 0 Å². The predicted octanol–water partition coefficient (Wildman–Crippen LogP) is 1.96. The molecule has 20 heavy (non-hydrogen) atoms. The molecule has 0 aliphatic rings. The summed E-state index contributed by atoms with van der Waals surface area (Å²) in [5.41, 5.74) is 5.18. The summed E-state index contributed by atoms with van der Waals surface area (Å²) in [4.78, 5) is -0.385. The van der Waals surface area contributed by atoms with Gasteiger partial charge in [0, 0.05) is 19.2 Å². The minimum Gasteiger partial charge on any atom is -0.330 e. The van der Waals surface area contributed by atoms with Crippen molar-refractivity contribution in [3.05, 3.63) is 29.8 Å². The molecular formula is C13H20F2N2O2S. The minimum absolute atomic E-state index is 0.181. The molecule has 0 heterocycles. The molecule has 0 spiro atoms. The number of halogens is 2. The van der Waals surface area contributed by atoms with Crippen LogP contribution in [0.5, 0.6) is 0 Å². The van der Waals surface area contributed by atoms with Gasteiger partial charge in [-0.05, 0) is 24.1 Å². The first-order valence-corrected chi connectivity index (χ1v) is 7.73. The van der Waals surface area contributed by atoms with Crippen molar-refractivity contribution in [3.63, 3.8) is 0 Å². The molecule has 0 radical (unpaired) electrons. The van der Waals surface area contributed by atoms with Crippen LogP contribution in [0.2, 0.25) is 0 Å². The summed E-state index contributed by atoms with van der Waals surface area (Å²) in [6.07, 6.45) is 0. The Labute approximate surface area is 118 Å². The maximum absolute atomic E-state index is 13.2. The summed E-state index contributed by atoms with van der Waals surface area (Å²) >= 11 is 0. The van der Waals surface area contributed by atoms with Crippen molar-refractivity contribution in [3.8, 4) is 0 Å². The maximum Gasteiger partial charge on any atom is 0.243 e. The van der Waals surface area contributed by atoms with Crippen molar-refractivity contribution in [1.82, 2.24) is 4.31 Å². The van der Waals surface area contributed by atoms with Crippen LogP contribution in [-0.2, 0) is 10.0 Å². The van der Waals surface area contributed by atoms with Gasteiger partial charge in [0.2, 0.25) is 10.0 Å². The molecule has 0 saturated heterocycles. The second-order valence-corrected chi connectivity index (χ2v) is 7.34. The normalized spacial score (nSPS) is 12.9. The molecule has 0 saturated carbocycles. The number of nitrogens with zero attached hydrogens (tertiary/aromatic N) is 1. The first-order chi connectivity index (χ1) is 9.12. The van der Waals surface area contributed by atoms with Crippen LogP contribution in [0.1, 0.15) is 20.8 Å². The molecule has 1 aromatic carbocycles. The molecule has 114 valence electrons. The first-order valence-electron chi connectivity index (χ1n) is 6.28. The lowest BCUT2D eigenvalue weighted by Crippen LogP contribution is -2.41. The van der Waals surface area contributed by atoms with E-state index in [9.17, 15) is 17.2 Å². The standard InChI is InChI=1S/C13H20F2N2O2S/c1-4-17(9-13(2,3)8-16)20(18,19)12-6-10(14)5-11(15)7-12/h5-7H,4,8-9,16H2,1-3H3. The number of sulfonamides is 1. The average molecular weight is 306 g/mol. The summed E-state index contributed by atoms with van der Waals surface area (Å²) < 4.78 is 52.4. The zero-order valence-electron chi connectivity index (χ0n) is 11.9. The van der Waals surface area contributed by atoms with Gasteiger partial charge in [-0.3, -0.25) is 0 Å². The Morgan fingerprint density at radius 2 is 1.70 bits per heavy atom. The van der Waals surface area contributed by atoms with Crippen LogP contribution in [0.25, 0.3) is 0 Å². The zero-order valence-corrected chi connectivity index (χ0v) is 12.7. The maximum atomic E-state index is 13.2. The smallest absolute Gasteiger partial charge is 0.243 e. The van der Waals surface area contributed by atoms with Gasteiger partial charge in [0.05, 0.1) is 4.90 Å². The Hall–Kier alpha value is -1.05. The Bertz CT molecular complexity index is 553. The molecule has 0 bridgehead atoms. The van der Waals surface area contributed by atoms with Gasteiger partial charge in [-0.15, -0.1) is 0 Å². The molecule has 0 unspecified atom stereocenters. The summed E-state index contributed by atoms with van der Waals surface area (Å²) in [7, 11) is -3.94. The van der Waals surface area contributed by atoms with E-state index in [4.69, 9.17) is 5.73 Å². The number of benzene rings is 1. The van der Waals surface area contributed by atoms with Gasteiger partial charge in [0.1, 0.15) is 11.6 Å². The van der Waals surface area contributed by atoms with E-state index in [0.29, 0.717) is 12.6 Å². The molecule has 1 rings (SSSR count). The van der Waals surface area contributed by atoms with Gasteiger partial charge in [0.25, 0.3) is 0 Å². The molecular weight excluding hydrogens is 286 g/mol. The van der Waals surface area contributed by atoms with E-state index in [0.717, 1.165) is 12.1 Å². The van der Waals surface area contributed by atoms with Gasteiger partial charge in [-0.2, -0.15) is 4.31 Å². The lowest BCUT2D eigenvalue weighted by molar-refractivity contribution is 0.273.